The fourth-order valence-electron chi connectivity index (χ4n) is 1.64. The Bertz CT molecular complexity index is 459. The summed E-state index contributed by atoms with van der Waals surface area (Å²) in [7, 11) is 1.51. The van der Waals surface area contributed by atoms with Gasteiger partial charge in [-0.25, -0.2) is 9.59 Å². The highest BCUT2D eigenvalue weighted by molar-refractivity contribution is 6.31. The Morgan fingerprint density at radius 2 is 1.94 bits per heavy atom. The molecule has 0 aliphatic carbocycles. The summed E-state index contributed by atoms with van der Waals surface area (Å²) in [5.41, 5.74) is 0.602. The standard InChI is InChI=1S/C11H10ClNO4/c1-16-9-3-2-7(12)4-8(9)13-5-10(14)17-11(15)6-13/h2-4H,5-6H2,1H3. The maximum Gasteiger partial charge on any atom is 0.333 e. The van der Waals surface area contributed by atoms with Crippen molar-refractivity contribution in [1.82, 2.24) is 0 Å². The van der Waals surface area contributed by atoms with Gasteiger partial charge in [-0.3, -0.25) is 0 Å². The van der Waals surface area contributed by atoms with Crippen LogP contribution in [-0.4, -0.2) is 32.1 Å². The van der Waals surface area contributed by atoms with Gasteiger partial charge in [-0.15, -0.1) is 0 Å². The molecule has 90 valence electrons. The van der Waals surface area contributed by atoms with Crippen LogP contribution in [0.3, 0.4) is 0 Å². The topological polar surface area (TPSA) is 55.8 Å². The minimum absolute atomic E-state index is 0.00242. The van der Waals surface area contributed by atoms with Crippen molar-refractivity contribution in [3.05, 3.63) is 23.2 Å². The quantitative estimate of drug-likeness (QED) is 0.588. The van der Waals surface area contributed by atoms with Crippen molar-refractivity contribution in [2.24, 2.45) is 0 Å². The zero-order chi connectivity index (χ0) is 12.4. The number of esters is 2. The molecule has 0 spiro atoms. The molecule has 0 bridgehead atoms. The number of carbonyl (C=O) groups is 2. The van der Waals surface area contributed by atoms with Gasteiger partial charge < -0.3 is 14.4 Å². The van der Waals surface area contributed by atoms with Crippen LogP contribution in [-0.2, 0) is 14.3 Å². The van der Waals surface area contributed by atoms with Crippen molar-refractivity contribution < 1.29 is 19.1 Å². The Morgan fingerprint density at radius 3 is 2.53 bits per heavy atom. The van der Waals surface area contributed by atoms with E-state index in [2.05, 4.69) is 4.74 Å². The normalized spacial score (nSPS) is 15.8. The molecule has 1 aliphatic heterocycles. The van der Waals surface area contributed by atoms with Gasteiger partial charge in [0, 0.05) is 5.02 Å². The number of anilines is 1. The highest BCUT2D eigenvalue weighted by Crippen LogP contribution is 2.31. The predicted molar refractivity (Wildman–Crippen MR) is 61.3 cm³/mol. The molecular formula is C11H10ClNO4. The molecule has 1 fully saturated rings. The van der Waals surface area contributed by atoms with Crippen molar-refractivity contribution in [2.45, 2.75) is 0 Å². The molecule has 1 aromatic carbocycles. The number of hydrogen-bond acceptors (Lipinski definition) is 5. The molecule has 5 nitrogen and oxygen atoms in total. The van der Waals surface area contributed by atoms with Crippen molar-refractivity contribution >= 4 is 29.2 Å². The number of methoxy groups -OCH3 is 1. The highest BCUT2D eigenvalue weighted by Gasteiger charge is 2.26. The van der Waals surface area contributed by atoms with Crippen LogP contribution >= 0.6 is 11.6 Å². The van der Waals surface area contributed by atoms with E-state index in [1.165, 1.54) is 7.11 Å². The molecule has 1 aromatic rings. The van der Waals surface area contributed by atoms with E-state index in [-0.39, 0.29) is 13.1 Å². The monoisotopic (exact) mass is 255 g/mol. The fraction of sp³-hybridized carbons (Fsp3) is 0.273. The zero-order valence-corrected chi connectivity index (χ0v) is 9.86. The lowest BCUT2D eigenvalue weighted by Crippen LogP contribution is -2.43. The minimum Gasteiger partial charge on any atom is -0.495 e. The van der Waals surface area contributed by atoms with Gasteiger partial charge in [-0.1, -0.05) is 11.6 Å². The molecule has 1 heterocycles. The van der Waals surface area contributed by atoms with Crippen molar-refractivity contribution in [3.8, 4) is 5.75 Å². The number of cyclic esters (lactones) is 2. The fourth-order valence-corrected chi connectivity index (χ4v) is 1.81. The van der Waals surface area contributed by atoms with E-state index in [9.17, 15) is 9.59 Å². The van der Waals surface area contributed by atoms with Crippen LogP contribution in [0.5, 0.6) is 5.75 Å². The predicted octanol–water partition coefficient (Wildman–Crippen LogP) is 1.24. The number of rotatable bonds is 2. The number of ether oxygens (including phenoxy) is 2. The summed E-state index contributed by atoms with van der Waals surface area (Å²) < 4.78 is 9.61. The minimum atomic E-state index is -0.580. The third-order valence-electron chi connectivity index (χ3n) is 2.35. The van der Waals surface area contributed by atoms with Gasteiger partial charge in [0.15, 0.2) is 0 Å². The largest absolute Gasteiger partial charge is 0.495 e. The second-order valence-electron chi connectivity index (χ2n) is 3.52. The van der Waals surface area contributed by atoms with E-state index in [0.717, 1.165) is 0 Å². The average Bonchev–Trinajstić information content (AvgIpc) is 2.27. The van der Waals surface area contributed by atoms with E-state index in [1.54, 1.807) is 23.1 Å². The maximum absolute atomic E-state index is 11.2. The number of morpholine rings is 1. The molecule has 0 atom stereocenters. The van der Waals surface area contributed by atoms with Crippen LogP contribution < -0.4 is 9.64 Å². The second-order valence-corrected chi connectivity index (χ2v) is 3.95. The van der Waals surface area contributed by atoms with E-state index in [0.29, 0.717) is 16.5 Å². The number of hydrogen-bond donors (Lipinski definition) is 0. The molecule has 2 rings (SSSR count). The average molecular weight is 256 g/mol. The molecule has 17 heavy (non-hydrogen) atoms. The van der Waals surface area contributed by atoms with Crippen LogP contribution in [0.15, 0.2) is 18.2 Å². The summed E-state index contributed by atoms with van der Waals surface area (Å²) in [4.78, 5) is 23.9. The lowest BCUT2D eigenvalue weighted by Gasteiger charge is -2.27. The highest BCUT2D eigenvalue weighted by atomic mass is 35.5. The van der Waals surface area contributed by atoms with Gasteiger partial charge in [0.1, 0.15) is 18.8 Å². The number of carbonyl (C=O) groups excluding carboxylic acids is 2. The van der Waals surface area contributed by atoms with Crippen LogP contribution in [0.25, 0.3) is 0 Å². The Morgan fingerprint density at radius 1 is 1.29 bits per heavy atom. The van der Waals surface area contributed by atoms with Gasteiger partial charge in [0.05, 0.1) is 12.8 Å². The molecule has 0 aromatic heterocycles. The summed E-state index contributed by atoms with van der Waals surface area (Å²) in [6.45, 7) is 0.00485. The van der Waals surface area contributed by atoms with Crippen LogP contribution in [0.1, 0.15) is 0 Å². The molecule has 0 amide bonds. The molecule has 6 heteroatoms. The van der Waals surface area contributed by atoms with E-state index in [4.69, 9.17) is 16.3 Å². The van der Waals surface area contributed by atoms with Gasteiger partial charge in [0.2, 0.25) is 0 Å². The van der Waals surface area contributed by atoms with E-state index >= 15 is 0 Å². The van der Waals surface area contributed by atoms with Gasteiger partial charge in [0.25, 0.3) is 0 Å². The molecular weight excluding hydrogens is 246 g/mol. The van der Waals surface area contributed by atoms with Crippen molar-refractivity contribution in [1.29, 1.82) is 0 Å². The summed E-state index contributed by atoms with van der Waals surface area (Å²) in [6.07, 6.45) is 0. The first-order valence-corrected chi connectivity index (χ1v) is 5.30. The first-order valence-electron chi connectivity index (χ1n) is 4.92. The van der Waals surface area contributed by atoms with Crippen molar-refractivity contribution in [2.75, 3.05) is 25.1 Å². The zero-order valence-electron chi connectivity index (χ0n) is 9.10. The SMILES string of the molecule is COc1ccc(Cl)cc1N1CC(=O)OC(=O)C1. The lowest BCUT2D eigenvalue weighted by atomic mass is 10.2. The van der Waals surface area contributed by atoms with E-state index in [1.807, 2.05) is 0 Å². The number of benzene rings is 1. The van der Waals surface area contributed by atoms with E-state index < -0.39 is 11.9 Å². The second kappa shape index (κ2) is 4.63. The molecule has 0 N–H and O–H groups in total. The van der Waals surface area contributed by atoms with Crippen LogP contribution in [0.4, 0.5) is 5.69 Å². The van der Waals surface area contributed by atoms with Gasteiger partial charge in [-0.2, -0.15) is 0 Å². The Kier molecular flexibility index (Phi) is 3.19. The smallest absolute Gasteiger partial charge is 0.333 e. The lowest BCUT2D eigenvalue weighted by molar-refractivity contribution is -0.160. The molecule has 1 saturated heterocycles. The summed E-state index contributed by atoms with van der Waals surface area (Å²) >= 11 is 5.88. The molecule has 0 unspecified atom stereocenters. The van der Waals surface area contributed by atoms with Gasteiger partial charge in [-0.05, 0) is 18.2 Å². The third-order valence-corrected chi connectivity index (χ3v) is 2.58. The van der Waals surface area contributed by atoms with Crippen LogP contribution in [0.2, 0.25) is 5.02 Å². The van der Waals surface area contributed by atoms with Crippen LogP contribution in [0, 0.1) is 0 Å². The molecule has 0 saturated carbocycles. The van der Waals surface area contributed by atoms with Crippen molar-refractivity contribution in [3.63, 3.8) is 0 Å². The first kappa shape index (κ1) is 11.7. The van der Waals surface area contributed by atoms with Gasteiger partial charge >= 0.3 is 11.9 Å². The third kappa shape index (κ3) is 2.50. The summed E-state index contributed by atoms with van der Waals surface area (Å²) in [5.74, 6) is -0.608. The Labute approximate surface area is 103 Å². The molecule has 1 aliphatic rings. The Balaban J connectivity index is 2.35. The maximum atomic E-state index is 11.2. The number of halogens is 1. The summed E-state index contributed by atoms with van der Waals surface area (Å²) in [6, 6.07) is 5.00. The summed E-state index contributed by atoms with van der Waals surface area (Å²) in [5, 5.41) is 0.507. The number of nitrogens with zero attached hydrogens (tertiary/aromatic N) is 1. The Hall–Kier alpha value is -1.75. The first-order chi connectivity index (χ1) is 8.10. The molecule has 0 radical (unpaired) electrons.